The van der Waals surface area contributed by atoms with Gasteiger partial charge in [0, 0.05) is 23.3 Å². The van der Waals surface area contributed by atoms with Gasteiger partial charge in [-0.15, -0.1) is 0 Å². The summed E-state index contributed by atoms with van der Waals surface area (Å²) in [6.07, 6.45) is 3.62. The molecule has 5 nitrogen and oxygen atoms in total. The quantitative estimate of drug-likeness (QED) is 0.903. The minimum atomic E-state index is -3.18. The summed E-state index contributed by atoms with van der Waals surface area (Å²) in [5.74, 6) is 0.966. The van der Waals surface area contributed by atoms with Gasteiger partial charge >= 0.3 is 0 Å². The molecule has 0 saturated carbocycles. The second-order valence-corrected chi connectivity index (χ2v) is 7.20. The molecule has 2 heterocycles. The van der Waals surface area contributed by atoms with E-state index >= 15 is 0 Å². The van der Waals surface area contributed by atoms with E-state index in [1.807, 2.05) is 12.1 Å². The Morgan fingerprint density at radius 3 is 2.94 bits per heavy atom. The molecule has 1 N–H and O–H groups in total. The summed E-state index contributed by atoms with van der Waals surface area (Å²) in [4.78, 5) is 6.40. The van der Waals surface area contributed by atoms with Crippen LogP contribution in [-0.2, 0) is 10.0 Å². The van der Waals surface area contributed by atoms with Crippen molar-refractivity contribution in [3.63, 3.8) is 0 Å². The average molecular weight is 334 g/mol. The highest BCUT2D eigenvalue weighted by atomic mass is 79.9. The SMILES string of the molecule is CNS(=O)(=O)C[C@H]1CCCN1c1ccc(Br)cn1. The monoisotopic (exact) mass is 333 g/mol. The Balaban J connectivity index is 2.15. The molecule has 0 aromatic carbocycles. The van der Waals surface area contributed by atoms with Gasteiger partial charge in [0.25, 0.3) is 0 Å². The van der Waals surface area contributed by atoms with Crippen molar-refractivity contribution in [1.29, 1.82) is 0 Å². The van der Waals surface area contributed by atoms with E-state index in [2.05, 4.69) is 30.5 Å². The molecular formula is C11H16BrN3O2S. The second-order valence-electron chi connectivity index (χ2n) is 4.31. The number of aromatic nitrogens is 1. The number of nitrogens with zero attached hydrogens (tertiary/aromatic N) is 2. The van der Waals surface area contributed by atoms with E-state index in [0.29, 0.717) is 0 Å². The van der Waals surface area contributed by atoms with Crippen LogP contribution in [-0.4, -0.2) is 38.8 Å². The number of rotatable bonds is 4. The molecule has 1 fully saturated rings. The summed E-state index contributed by atoms with van der Waals surface area (Å²) in [5.41, 5.74) is 0. The summed E-state index contributed by atoms with van der Waals surface area (Å²) in [7, 11) is -1.73. The molecule has 7 heteroatoms. The molecule has 0 unspecified atom stereocenters. The molecule has 2 rings (SSSR count). The Bertz CT molecular complexity index is 504. The highest BCUT2D eigenvalue weighted by molar-refractivity contribution is 9.10. The summed E-state index contributed by atoms with van der Waals surface area (Å²) >= 11 is 3.34. The molecule has 0 spiro atoms. The summed E-state index contributed by atoms with van der Waals surface area (Å²) < 4.78 is 26.5. The average Bonchev–Trinajstić information content (AvgIpc) is 2.77. The lowest BCUT2D eigenvalue weighted by Gasteiger charge is -2.25. The van der Waals surface area contributed by atoms with E-state index in [1.54, 1.807) is 6.20 Å². The van der Waals surface area contributed by atoms with Crippen molar-refractivity contribution in [3.05, 3.63) is 22.8 Å². The van der Waals surface area contributed by atoms with Crippen LogP contribution in [0.1, 0.15) is 12.8 Å². The molecule has 1 saturated heterocycles. The first-order valence-corrected chi connectivity index (χ1v) is 8.26. The fourth-order valence-corrected chi connectivity index (χ4v) is 3.44. The number of halogens is 1. The predicted molar refractivity (Wildman–Crippen MR) is 75.2 cm³/mol. The molecule has 1 atom stereocenters. The first-order chi connectivity index (χ1) is 8.52. The van der Waals surface area contributed by atoms with Gasteiger partial charge in [-0.1, -0.05) is 0 Å². The lowest BCUT2D eigenvalue weighted by molar-refractivity contribution is 0.577. The van der Waals surface area contributed by atoms with Gasteiger partial charge in [-0.3, -0.25) is 0 Å². The van der Waals surface area contributed by atoms with Crippen LogP contribution in [0.4, 0.5) is 5.82 Å². The van der Waals surface area contributed by atoms with E-state index in [0.717, 1.165) is 29.7 Å². The molecule has 0 amide bonds. The van der Waals surface area contributed by atoms with Gasteiger partial charge < -0.3 is 4.90 Å². The standard InChI is InChI=1S/C11H16BrN3O2S/c1-13-18(16,17)8-10-3-2-6-15(10)11-5-4-9(12)7-14-11/h4-5,7,10,13H,2-3,6,8H2,1H3/t10-/m1/s1. The van der Waals surface area contributed by atoms with Crippen molar-refractivity contribution in [2.45, 2.75) is 18.9 Å². The van der Waals surface area contributed by atoms with E-state index in [4.69, 9.17) is 0 Å². The molecule has 1 aromatic rings. The fourth-order valence-electron chi connectivity index (χ4n) is 2.19. The lowest BCUT2D eigenvalue weighted by Crippen LogP contribution is -2.38. The molecule has 1 aliphatic heterocycles. The minimum absolute atomic E-state index is 0.0103. The van der Waals surface area contributed by atoms with Crippen LogP contribution in [0.2, 0.25) is 0 Å². The summed E-state index contributed by atoms with van der Waals surface area (Å²) in [5, 5.41) is 0. The van der Waals surface area contributed by atoms with Gasteiger partial charge in [0.15, 0.2) is 0 Å². The molecule has 0 bridgehead atoms. The normalized spacial score (nSPS) is 20.3. The van der Waals surface area contributed by atoms with Crippen LogP contribution >= 0.6 is 15.9 Å². The lowest BCUT2D eigenvalue weighted by atomic mass is 10.2. The van der Waals surface area contributed by atoms with Gasteiger partial charge in [-0.2, -0.15) is 0 Å². The zero-order valence-corrected chi connectivity index (χ0v) is 12.5. The van der Waals surface area contributed by atoms with E-state index in [9.17, 15) is 8.42 Å². The molecule has 0 radical (unpaired) electrons. The van der Waals surface area contributed by atoms with Crippen LogP contribution < -0.4 is 9.62 Å². The van der Waals surface area contributed by atoms with Crippen molar-refractivity contribution in [1.82, 2.24) is 9.71 Å². The second kappa shape index (κ2) is 5.54. The Hall–Kier alpha value is -0.660. The third-order valence-corrected chi connectivity index (χ3v) is 5.02. The predicted octanol–water partition coefficient (Wildman–Crippen LogP) is 1.36. The van der Waals surface area contributed by atoms with Crippen molar-refractivity contribution in [3.8, 4) is 0 Å². The maximum Gasteiger partial charge on any atom is 0.213 e. The van der Waals surface area contributed by atoms with E-state index in [-0.39, 0.29) is 11.8 Å². The van der Waals surface area contributed by atoms with Crippen LogP contribution in [0.5, 0.6) is 0 Å². The first kappa shape index (κ1) is 13.8. The van der Waals surface area contributed by atoms with Gasteiger partial charge in [0.1, 0.15) is 5.82 Å². The van der Waals surface area contributed by atoms with Crippen molar-refractivity contribution in [2.75, 3.05) is 24.2 Å². The highest BCUT2D eigenvalue weighted by Crippen LogP contribution is 2.25. The first-order valence-electron chi connectivity index (χ1n) is 5.81. The summed E-state index contributed by atoms with van der Waals surface area (Å²) in [6, 6.07) is 3.84. The van der Waals surface area contributed by atoms with Crippen molar-refractivity contribution < 1.29 is 8.42 Å². The third-order valence-electron chi connectivity index (χ3n) is 3.11. The molecular weight excluding hydrogens is 318 g/mol. The van der Waals surface area contributed by atoms with Crippen LogP contribution in [0.25, 0.3) is 0 Å². The maximum atomic E-state index is 11.6. The number of nitrogens with one attached hydrogen (secondary N) is 1. The Labute approximate surface area is 116 Å². The number of hydrogen-bond acceptors (Lipinski definition) is 4. The van der Waals surface area contributed by atoms with E-state index < -0.39 is 10.0 Å². The Morgan fingerprint density at radius 1 is 1.56 bits per heavy atom. The minimum Gasteiger partial charge on any atom is -0.353 e. The van der Waals surface area contributed by atoms with Crippen molar-refractivity contribution in [2.24, 2.45) is 0 Å². The van der Waals surface area contributed by atoms with E-state index in [1.165, 1.54) is 7.05 Å². The summed E-state index contributed by atoms with van der Waals surface area (Å²) in [6.45, 7) is 0.860. The van der Waals surface area contributed by atoms with Gasteiger partial charge in [-0.25, -0.2) is 18.1 Å². The van der Waals surface area contributed by atoms with Gasteiger partial charge in [0.2, 0.25) is 10.0 Å². The maximum absolute atomic E-state index is 11.6. The smallest absolute Gasteiger partial charge is 0.213 e. The zero-order chi connectivity index (χ0) is 13.2. The molecule has 18 heavy (non-hydrogen) atoms. The Kier molecular flexibility index (Phi) is 4.24. The fraction of sp³-hybridized carbons (Fsp3) is 0.545. The van der Waals surface area contributed by atoms with Crippen molar-refractivity contribution >= 4 is 31.8 Å². The molecule has 0 aliphatic carbocycles. The highest BCUT2D eigenvalue weighted by Gasteiger charge is 2.29. The Morgan fingerprint density at radius 2 is 2.33 bits per heavy atom. The van der Waals surface area contributed by atoms with Crippen LogP contribution in [0, 0.1) is 0 Å². The molecule has 100 valence electrons. The van der Waals surface area contributed by atoms with Gasteiger partial charge in [-0.05, 0) is 48.0 Å². The van der Waals surface area contributed by atoms with Crippen LogP contribution in [0.3, 0.4) is 0 Å². The number of hydrogen-bond donors (Lipinski definition) is 1. The zero-order valence-electron chi connectivity index (χ0n) is 10.1. The molecule has 1 aliphatic rings. The van der Waals surface area contributed by atoms with Gasteiger partial charge in [0.05, 0.1) is 5.75 Å². The number of pyridine rings is 1. The number of sulfonamides is 1. The third kappa shape index (κ3) is 3.21. The molecule has 1 aromatic heterocycles. The largest absolute Gasteiger partial charge is 0.353 e. The topological polar surface area (TPSA) is 62.3 Å². The van der Waals surface area contributed by atoms with Crippen LogP contribution in [0.15, 0.2) is 22.8 Å². The number of anilines is 1.